The van der Waals surface area contributed by atoms with Crippen molar-refractivity contribution in [3.05, 3.63) is 59.0 Å². The predicted molar refractivity (Wildman–Crippen MR) is 88.7 cm³/mol. The van der Waals surface area contributed by atoms with Crippen molar-refractivity contribution in [2.75, 3.05) is 5.73 Å². The lowest BCUT2D eigenvalue weighted by molar-refractivity contribution is 0.953. The fourth-order valence-corrected chi connectivity index (χ4v) is 3.51. The summed E-state index contributed by atoms with van der Waals surface area (Å²) in [5.41, 5.74) is 9.47. The number of fused-ring (bicyclic) bond motifs is 1. The normalized spacial score (nSPS) is 11.1. The smallest absolute Gasteiger partial charge is 0.203 e. The highest BCUT2D eigenvalue weighted by molar-refractivity contribution is 7.15. The molecule has 0 radical (unpaired) electrons. The third-order valence-electron chi connectivity index (χ3n) is 3.48. The van der Waals surface area contributed by atoms with Crippen LogP contribution in [0.15, 0.2) is 48.5 Å². The number of nitrogens with one attached hydrogen (secondary N) is 1. The van der Waals surface area contributed by atoms with E-state index in [4.69, 9.17) is 5.73 Å². The summed E-state index contributed by atoms with van der Waals surface area (Å²) in [6, 6.07) is 16.5. The highest BCUT2D eigenvalue weighted by atomic mass is 32.1. The van der Waals surface area contributed by atoms with Crippen molar-refractivity contribution in [3.8, 4) is 10.4 Å². The second-order valence-electron chi connectivity index (χ2n) is 5.01. The molecule has 6 heteroatoms. The second kappa shape index (κ2) is 5.23. The molecule has 4 rings (SSSR count). The molecule has 3 aromatic heterocycles. The van der Waals surface area contributed by atoms with Gasteiger partial charge < -0.3 is 5.73 Å². The summed E-state index contributed by atoms with van der Waals surface area (Å²) < 4.78 is 0. The van der Waals surface area contributed by atoms with Crippen LogP contribution in [0.2, 0.25) is 0 Å². The van der Waals surface area contributed by atoms with E-state index in [-0.39, 0.29) is 0 Å². The third-order valence-corrected chi connectivity index (χ3v) is 4.61. The first-order valence-corrected chi connectivity index (χ1v) is 7.71. The number of rotatable bonds is 3. The van der Waals surface area contributed by atoms with Crippen LogP contribution in [0.4, 0.5) is 5.82 Å². The number of aromatic nitrogens is 4. The van der Waals surface area contributed by atoms with E-state index >= 15 is 0 Å². The molecule has 0 aliphatic rings. The van der Waals surface area contributed by atoms with Crippen LogP contribution in [0.1, 0.15) is 10.4 Å². The first-order chi connectivity index (χ1) is 10.8. The molecule has 0 saturated carbocycles. The summed E-state index contributed by atoms with van der Waals surface area (Å²) in [5.74, 6) is 0.469. The Morgan fingerprint density at radius 2 is 1.91 bits per heavy atom. The van der Waals surface area contributed by atoms with Crippen LogP contribution in [0.5, 0.6) is 0 Å². The van der Waals surface area contributed by atoms with Gasteiger partial charge in [0.25, 0.3) is 0 Å². The van der Waals surface area contributed by atoms with E-state index < -0.39 is 0 Å². The lowest BCUT2D eigenvalue weighted by Crippen LogP contribution is -1.95. The molecule has 108 valence electrons. The molecule has 0 saturated heterocycles. The van der Waals surface area contributed by atoms with Gasteiger partial charge in [0.05, 0.1) is 0 Å². The SMILES string of the molecule is Nc1cc(Cc2ccc(-c3ccccc3)s2)c2n[nH]nc2n1. The molecule has 0 fully saturated rings. The Balaban J connectivity index is 1.69. The number of nitrogens with two attached hydrogens (primary N) is 1. The Bertz CT molecular complexity index is 926. The summed E-state index contributed by atoms with van der Waals surface area (Å²) in [5, 5.41) is 10.8. The number of pyridine rings is 1. The van der Waals surface area contributed by atoms with Gasteiger partial charge in [-0.3, -0.25) is 0 Å². The summed E-state index contributed by atoms with van der Waals surface area (Å²) in [6.07, 6.45) is 0.771. The number of thiophene rings is 1. The number of nitrogens with zero attached hydrogens (tertiary/aromatic N) is 3. The van der Waals surface area contributed by atoms with Crippen LogP contribution in [0.25, 0.3) is 21.6 Å². The molecule has 0 aliphatic carbocycles. The van der Waals surface area contributed by atoms with E-state index in [1.54, 1.807) is 11.3 Å². The maximum atomic E-state index is 5.84. The van der Waals surface area contributed by atoms with Gasteiger partial charge in [-0.05, 0) is 29.3 Å². The highest BCUT2D eigenvalue weighted by Crippen LogP contribution is 2.30. The molecule has 1 aromatic carbocycles. The van der Waals surface area contributed by atoms with E-state index in [1.807, 2.05) is 12.1 Å². The molecule has 0 aliphatic heterocycles. The molecular formula is C16H13N5S. The lowest BCUT2D eigenvalue weighted by Gasteiger charge is -2.01. The number of aromatic amines is 1. The van der Waals surface area contributed by atoms with Gasteiger partial charge in [-0.1, -0.05) is 30.3 Å². The Morgan fingerprint density at radius 1 is 1.05 bits per heavy atom. The Morgan fingerprint density at radius 3 is 2.77 bits per heavy atom. The van der Waals surface area contributed by atoms with Gasteiger partial charge in [-0.15, -0.1) is 16.4 Å². The number of nitrogen functional groups attached to an aromatic ring is 1. The Kier molecular flexibility index (Phi) is 3.08. The number of hydrogen-bond acceptors (Lipinski definition) is 5. The zero-order chi connectivity index (χ0) is 14.9. The largest absolute Gasteiger partial charge is 0.384 e. The third kappa shape index (κ3) is 2.33. The Labute approximate surface area is 130 Å². The molecule has 0 bridgehead atoms. The van der Waals surface area contributed by atoms with Crippen LogP contribution in [0.3, 0.4) is 0 Å². The first-order valence-electron chi connectivity index (χ1n) is 6.89. The topological polar surface area (TPSA) is 80.5 Å². The van der Waals surface area contributed by atoms with Crippen LogP contribution in [0, 0.1) is 0 Å². The molecule has 0 atom stereocenters. The van der Waals surface area contributed by atoms with E-state index in [0.29, 0.717) is 11.5 Å². The van der Waals surface area contributed by atoms with Gasteiger partial charge in [0, 0.05) is 16.2 Å². The summed E-state index contributed by atoms with van der Waals surface area (Å²) in [7, 11) is 0. The minimum Gasteiger partial charge on any atom is -0.384 e. The molecule has 3 N–H and O–H groups in total. The van der Waals surface area contributed by atoms with E-state index in [2.05, 4.69) is 56.8 Å². The quantitative estimate of drug-likeness (QED) is 0.609. The fraction of sp³-hybridized carbons (Fsp3) is 0.0625. The maximum absolute atomic E-state index is 5.84. The van der Waals surface area contributed by atoms with Gasteiger partial charge in [-0.25, -0.2) is 4.98 Å². The predicted octanol–water partition coefficient (Wildman–Crippen LogP) is 3.25. The highest BCUT2D eigenvalue weighted by Gasteiger charge is 2.10. The maximum Gasteiger partial charge on any atom is 0.203 e. The van der Waals surface area contributed by atoms with Crippen LogP contribution >= 0.6 is 11.3 Å². The molecule has 4 aromatic rings. The second-order valence-corrected chi connectivity index (χ2v) is 6.18. The van der Waals surface area contributed by atoms with E-state index in [9.17, 15) is 0 Å². The number of anilines is 1. The van der Waals surface area contributed by atoms with Gasteiger partial charge in [-0.2, -0.15) is 10.3 Å². The van der Waals surface area contributed by atoms with Gasteiger partial charge >= 0.3 is 0 Å². The van der Waals surface area contributed by atoms with E-state index in [1.165, 1.54) is 15.3 Å². The minimum absolute atomic E-state index is 0.469. The minimum atomic E-state index is 0.469. The number of H-pyrrole nitrogens is 1. The first kappa shape index (κ1) is 13.0. The Hall–Kier alpha value is -2.73. The van der Waals surface area contributed by atoms with Crippen molar-refractivity contribution >= 4 is 28.3 Å². The average molecular weight is 307 g/mol. The van der Waals surface area contributed by atoms with Crippen molar-refractivity contribution in [3.63, 3.8) is 0 Å². The van der Waals surface area contributed by atoms with E-state index in [0.717, 1.165) is 17.5 Å². The van der Waals surface area contributed by atoms with Crippen molar-refractivity contribution in [1.29, 1.82) is 0 Å². The monoisotopic (exact) mass is 307 g/mol. The van der Waals surface area contributed by atoms with Gasteiger partial charge in [0.1, 0.15) is 11.3 Å². The van der Waals surface area contributed by atoms with Crippen LogP contribution < -0.4 is 5.73 Å². The molecular weight excluding hydrogens is 294 g/mol. The number of hydrogen-bond donors (Lipinski definition) is 2. The van der Waals surface area contributed by atoms with Gasteiger partial charge in [0.2, 0.25) is 5.65 Å². The summed E-state index contributed by atoms with van der Waals surface area (Å²) in [6.45, 7) is 0. The molecule has 5 nitrogen and oxygen atoms in total. The summed E-state index contributed by atoms with van der Waals surface area (Å²) >= 11 is 1.78. The molecule has 22 heavy (non-hydrogen) atoms. The fourth-order valence-electron chi connectivity index (χ4n) is 2.47. The van der Waals surface area contributed by atoms with Crippen molar-refractivity contribution in [1.82, 2.24) is 20.4 Å². The van der Waals surface area contributed by atoms with Crippen molar-refractivity contribution in [2.24, 2.45) is 0 Å². The van der Waals surface area contributed by atoms with Crippen molar-refractivity contribution < 1.29 is 0 Å². The lowest BCUT2D eigenvalue weighted by atomic mass is 10.1. The van der Waals surface area contributed by atoms with Crippen LogP contribution in [-0.4, -0.2) is 20.4 Å². The average Bonchev–Trinajstić information content (AvgIpc) is 3.17. The summed E-state index contributed by atoms with van der Waals surface area (Å²) in [4.78, 5) is 6.68. The molecule has 0 unspecified atom stereocenters. The van der Waals surface area contributed by atoms with Gasteiger partial charge in [0.15, 0.2) is 0 Å². The van der Waals surface area contributed by atoms with Crippen LogP contribution in [-0.2, 0) is 6.42 Å². The molecule has 0 spiro atoms. The number of benzene rings is 1. The molecule has 0 amide bonds. The molecule has 3 heterocycles. The van der Waals surface area contributed by atoms with Crippen molar-refractivity contribution in [2.45, 2.75) is 6.42 Å². The standard InChI is InChI=1S/C16H13N5S/c17-14-9-11(15-16(18-14)20-21-19-15)8-12-6-7-13(22-12)10-4-2-1-3-5-10/h1-7,9H,8H2,(H3,17,18,19,20,21). The zero-order valence-electron chi connectivity index (χ0n) is 11.7. The zero-order valence-corrected chi connectivity index (χ0v) is 12.5.